The van der Waals surface area contributed by atoms with Gasteiger partial charge < -0.3 is 5.32 Å². The molecule has 164 valence electrons. The van der Waals surface area contributed by atoms with Crippen molar-refractivity contribution >= 4 is 22.7 Å². The molecular weight excluding hydrogens is 408 g/mol. The van der Waals surface area contributed by atoms with Gasteiger partial charge in [-0.05, 0) is 49.4 Å². The van der Waals surface area contributed by atoms with Crippen LogP contribution in [0.1, 0.15) is 48.7 Å². The summed E-state index contributed by atoms with van der Waals surface area (Å²) in [5, 5.41) is 7.83. The van der Waals surface area contributed by atoms with Crippen LogP contribution in [0, 0.1) is 6.92 Å². The lowest BCUT2D eigenvalue weighted by atomic mass is 10.1. The van der Waals surface area contributed by atoms with Gasteiger partial charge in [0.1, 0.15) is 5.65 Å². The van der Waals surface area contributed by atoms with Crippen molar-refractivity contribution in [3.8, 4) is 0 Å². The maximum atomic E-state index is 12.8. The van der Waals surface area contributed by atoms with Gasteiger partial charge in [-0.3, -0.25) is 18.9 Å². The lowest BCUT2D eigenvalue weighted by Crippen LogP contribution is -2.24. The van der Waals surface area contributed by atoms with Crippen molar-refractivity contribution in [1.82, 2.24) is 24.7 Å². The van der Waals surface area contributed by atoms with E-state index in [2.05, 4.69) is 25.0 Å². The largest absolute Gasteiger partial charge is 0.438 e. The Morgan fingerprint density at radius 2 is 1.94 bits per heavy atom. The highest BCUT2D eigenvalue weighted by Crippen LogP contribution is 2.31. The maximum absolute atomic E-state index is 12.8. The molecular formula is C23H24N6O3. The predicted octanol–water partition coefficient (Wildman–Crippen LogP) is 3.42. The second-order valence-electron chi connectivity index (χ2n) is 8.27. The molecule has 3 aromatic heterocycles. The number of nitrogens with one attached hydrogen (secondary N) is 2. The fourth-order valence-corrected chi connectivity index (χ4v) is 4.36. The number of benzene rings is 1. The fraction of sp³-hybridized carbons (Fsp3) is 0.348. The first-order valence-electron chi connectivity index (χ1n) is 10.9. The Kier molecular flexibility index (Phi) is 5.30. The van der Waals surface area contributed by atoms with E-state index in [1.807, 2.05) is 35.8 Å². The minimum atomic E-state index is -0.538. The average Bonchev–Trinajstić information content (AvgIpc) is 3.45. The molecule has 0 amide bonds. The van der Waals surface area contributed by atoms with Crippen molar-refractivity contribution < 1.29 is 4.52 Å². The van der Waals surface area contributed by atoms with E-state index in [-0.39, 0.29) is 11.6 Å². The monoisotopic (exact) mass is 432 g/mol. The van der Waals surface area contributed by atoms with Crippen LogP contribution >= 0.6 is 0 Å². The predicted molar refractivity (Wildman–Crippen MR) is 120 cm³/mol. The van der Waals surface area contributed by atoms with E-state index in [9.17, 15) is 9.59 Å². The molecule has 0 radical (unpaired) electrons. The second-order valence-corrected chi connectivity index (χ2v) is 8.27. The number of aromatic amines is 1. The normalized spacial score (nSPS) is 14.3. The van der Waals surface area contributed by atoms with Gasteiger partial charge in [-0.15, -0.1) is 0 Å². The van der Waals surface area contributed by atoms with E-state index < -0.39 is 5.76 Å². The van der Waals surface area contributed by atoms with Crippen LogP contribution in [0.25, 0.3) is 11.0 Å². The molecule has 0 atom stereocenters. The molecule has 1 aromatic carbocycles. The van der Waals surface area contributed by atoms with Crippen LogP contribution in [-0.4, -0.2) is 24.7 Å². The summed E-state index contributed by atoms with van der Waals surface area (Å²) in [6, 6.07) is 9.79. The number of nitrogens with zero attached hydrogens (tertiary/aromatic N) is 4. The van der Waals surface area contributed by atoms with E-state index in [0.29, 0.717) is 23.8 Å². The molecule has 9 nitrogen and oxygen atoms in total. The van der Waals surface area contributed by atoms with Crippen molar-refractivity contribution in [1.29, 1.82) is 0 Å². The van der Waals surface area contributed by atoms with E-state index in [0.717, 1.165) is 54.3 Å². The zero-order valence-corrected chi connectivity index (χ0v) is 17.8. The third kappa shape index (κ3) is 4.05. The van der Waals surface area contributed by atoms with Crippen LogP contribution in [0.4, 0.5) is 11.6 Å². The summed E-state index contributed by atoms with van der Waals surface area (Å²) < 4.78 is 6.36. The van der Waals surface area contributed by atoms with Gasteiger partial charge in [0.2, 0.25) is 5.95 Å². The van der Waals surface area contributed by atoms with E-state index in [1.165, 1.54) is 0 Å². The molecule has 1 fully saturated rings. The second kappa shape index (κ2) is 8.41. The standard InChI is InChI=1S/C23H24N6O3/c1-14-12-20(30)29(17-4-2-3-5-17)21-18(14)13-24-22(27-21)25-16-9-6-15(7-10-16)8-11-19-26-23(31)32-28-19/h6-7,9-10,12-13,17H,2-5,8,11H2,1H3,(H,24,25,27)(H,26,28,31). The highest BCUT2D eigenvalue weighted by atomic mass is 16.5. The first kappa shape index (κ1) is 20.2. The smallest absolute Gasteiger partial charge is 0.324 e. The molecule has 0 saturated heterocycles. The quantitative estimate of drug-likeness (QED) is 0.479. The lowest BCUT2D eigenvalue weighted by molar-refractivity contribution is 0.381. The highest BCUT2D eigenvalue weighted by molar-refractivity contribution is 5.79. The zero-order valence-electron chi connectivity index (χ0n) is 17.8. The Balaban J connectivity index is 1.37. The molecule has 0 unspecified atom stereocenters. The van der Waals surface area contributed by atoms with Crippen LogP contribution in [0.2, 0.25) is 0 Å². The van der Waals surface area contributed by atoms with Gasteiger partial charge >= 0.3 is 5.76 Å². The highest BCUT2D eigenvalue weighted by Gasteiger charge is 2.21. The number of fused-ring (bicyclic) bond motifs is 1. The number of hydrogen-bond donors (Lipinski definition) is 2. The first-order chi connectivity index (χ1) is 15.6. The molecule has 1 aliphatic rings. The lowest BCUT2D eigenvalue weighted by Gasteiger charge is -2.17. The van der Waals surface area contributed by atoms with Crippen LogP contribution in [0.15, 0.2) is 50.6 Å². The Hall–Kier alpha value is -3.75. The number of pyridine rings is 1. The van der Waals surface area contributed by atoms with Crippen molar-refractivity contribution in [3.63, 3.8) is 0 Å². The summed E-state index contributed by atoms with van der Waals surface area (Å²) >= 11 is 0. The van der Waals surface area contributed by atoms with Crippen LogP contribution in [0.5, 0.6) is 0 Å². The fourth-order valence-electron chi connectivity index (χ4n) is 4.36. The molecule has 5 rings (SSSR count). The third-order valence-electron chi connectivity index (χ3n) is 6.03. The summed E-state index contributed by atoms with van der Waals surface area (Å²) in [6.45, 7) is 1.92. The Morgan fingerprint density at radius 1 is 1.16 bits per heavy atom. The van der Waals surface area contributed by atoms with E-state index in [1.54, 1.807) is 12.3 Å². The van der Waals surface area contributed by atoms with Crippen LogP contribution in [-0.2, 0) is 12.8 Å². The number of rotatable bonds is 6. The number of H-pyrrole nitrogens is 1. The Morgan fingerprint density at radius 3 is 2.66 bits per heavy atom. The topological polar surface area (TPSA) is 119 Å². The molecule has 9 heteroatoms. The molecule has 0 spiro atoms. The molecule has 32 heavy (non-hydrogen) atoms. The number of aryl methyl sites for hydroxylation is 3. The molecule has 3 heterocycles. The molecule has 0 aliphatic heterocycles. The molecule has 1 saturated carbocycles. The Labute approximate surface area is 183 Å². The van der Waals surface area contributed by atoms with Crippen molar-refractivity contribution in [2.75, 3.05) is 5.32 Å². The van der Waals surface area contributed by atoms with Crippen molar-refractivity contribution in [3.05, 3.63) is 74.4 Å². The summed E-state index contributed by atoms with van der Waals surface area (Å²) in [4.78, 5) is 35.5. The molecule has 2 N–H and O–H groups in total. The van der Waals surface area contributed by atoms with Gasteiger partial charge in [-0.1, -0.05) is 30.1 Å². The molecule has 1 aliphatic carbocycles. The number of aromatic nitrogens is 5. The van der Waals surface area contributed by atoms with Gasteiger partial charge in [0.05, 0.1) is 0 Å². The zero-order chi connectivity index (χ0) is 22.1. The summed E-state index contributed by atoms with van der Waals surface area (Å²) in [7, 11) is 0. The molecule has 4 aromatic rings. The van der Waals surface area contributed by atoms with Crippen LogP contribution < -0.4 is 16.6 Å². The van der Waals surface area contributed by atoms with Gasteiger partial charge in [0.25, 0.3) is 5.56 Å². The minimum Gasteiger partial charge on any atom is -0.324 e. The minimum absolute atomic E-state index is 0.00404. The number of anilines is 2. The van der Waals surface area contributed by atoms with Gasteiger partial charge in [-0.2, -0.15) is 4.98 Å². The number of hydrogen-bond acceptors (Lipinski definition) is 7. The Bertz CT molecular complexity index is 1360. The first-order valence-corrected chi connectivity index (χ1v) is 10.9. The maximum Gasteiger partial charge on any atom is 0.438 e. The van der Waals surface area contributed by atoms with E-state index in [4.69, 9.17) is 4.98 Å². The van der Waals surface area contributed by atoms with Crippen molar-refractivity contribution in [2.45, 2.75) is 51.5 Å². The van der Waals surface area contributed by atoms with E-state index >= 15 is 0 Å². The summed E-state index contributed by atoms with van der Waals surface area (Å²) in [5.41, 5.74) is 3.54. The van der Waals surface area contributed by atoms with Gasteiger partial charge in [0.15, 0.2) is 5.82 Å². The summed E-state index contributed by atoms with van der Waals surface area (Å²) in [5.74, 6) is 0.455. The van der Waals surface area contributed by atoms with Gasteiger partial charge in [-0.25, -0.2) is 9.78 Å². The van der Waals surface area contributed by atoms with Crippen LogP contribution in [0.3, 0.4) is 0 Å². The average molecular weight is 432 g/mol. The third-order valence-corrected chi connectivity index (χ3v) is 6.03. The van der Waals surface area contributed by atoms with Crippen molar-refractivity contribution in [2.24, 2.45) is 0 Å². The SMILES string of the molecule is Cc1cc(=O)n(C2CCCC2)c2nc(Nc3ccc(CCc4noc(=O)[nH]4)cc3)ncc12. The summed E-state index contributed by atoms with van der Waals surface area (Å²) in [6.07, 6.45) is 7.40. The van der Waals surface area contributed by atoms with Gasteiger partial charge in [0, 0.05) is 35.8 Å². The molecule has 0 bridgehead atoms.